The number of amides is 2. The number of benzene rings is 2. The molecular weight excluding hydrogens is 309 g/mol. The predicted octanol–water partition coefficient (Wildman–Crippen LogP) is 3.63. The first-order chi connectivity index (χ1) is 11.6. The van der Waals surface area contributed by atoms with Gasteiger partial charge in [-0.1, -0.05) is 18.2 Å². The van der Waals surface area contributed by atoms with E-state index < -0.39 is 5.82 Å². The summed E-state index contributed by atoms with van der Waals surface area (Å²) in [6.45, 7) is 0.976. The highest BCUT2D eigenvalue weighted by Gasteiger charge is 2.11. The molecule has 124 valence electrons. The lowest BCUT2D eigenvalue weighted by Crippen LogP contribution is -2.33. The van der Waals surface area contributed by atoms with Crippen molar-refractivity contribution in [2.75, 3.05) is 25.5 Å². The average molecular weight is 327 g/mol. The number of hydrogen-bond donors (Lipinski definition) is 1. The van der Waals surface area contributed by atoms with Gasteiger partial charge in [-0.2, -0.15) is 5.26 Å². The van der Waals surface area contributed by atoms with Crippen molar-refractivity contribution in [3.63, 3.8) is 0 Å². The van der Waals surface area contributed by atoms with Crippen LogP contribution in [0.3, 0.4) is 0 Å². The van der Waals surface area contributed by atoms with Gasteiger partial charge in [0, 0.05) is 13.6 Å². The van der Waals surface area contributed by atoms with E-state index in [2.05, 4.69) is 5.32 Å². The molecule has 0 aromatic heterocycles. The topological polar surface area (TPSA) is 65.4 Å². The van der Waals surface area contributed by atoms with Gasteiger partial charge in [-0.3, -0.25) is 0 Å². The van der Waals surface area contributed by atoms with Crippen LogP contribution >= 0.6 is 0 Å². The first-order valence-corrected chi connectivity index (χ1v) is 7.50. The molecular formula is C18H18FN3O2. The van der Waals surface area contributed by atoms with Crippen LogP contribution in [0.25, 0.3) is 0 Å². The van der Waals surface area contributed by atoms with Crippen LogP contribution < -0.4 is 10.1 Å². The summed E-state index contributed by atoms with van der Waals surface area (Å²) in [4.78, 5) is 13.6. The van der Waals surface area contributed by atoms with Gasteiger partial charge in [0.1, 0.15) is 17.6 Å². The number of ether oxygens (including phenoxy) is 1. The van der Waals surface area contributed by atoms with Crippen LogP contribution in [-0.2, 0) is 0 Å². The van der Waals surface area contributed by atoms with Crippen molar-refractivity contribution >= 4 is 11.7 Å². The molecule has 1 N–H and O–H groups in total. The molecule has 0 saturated carbocycles. The zero-order chi connectivity index (χ0) is 17.4. The highest BCUT2D eigenvalue weighted by Crippen LogP contribution is 2.16. The second kappa shape index (κ2) is 8.53. The lowest BCUT2D eigenvalue weighted by atomic mass is 10.2. The highest BCUT2D eigenvalue weighted by molar-refractivity contribution is 5.90. The minimum atomic E-state index is -0.518. The molecule has 0 unspecified atom stereocenters. The fourth-order valence-electron chi connectivity index (χ4n) is 2.04. The molecule has 0 heterocycles. The maximum absolute atomic E-state index is 13.1. The molecule has 5 nitrogen and oxygen atoms in total. The van der Waals surface area contributed by atoms with Gasteiger partial charge in [0.25, 0.3) is 0 Å². The van der Waals surface area contributed by atoms with Gasteiger partial charge >= 0.3 is 6.03 Å². The summed E-state index contributed by atoms with van der Waals surface area (Å²) >= 11 is 0. The van der Waals surface area contributed by atoms with E-state index in [1.807, 2.05) is 36.4 Å². The molecule has 0 aliphatic carbocycles. The van der Waals surface area contributed by atoms with Crippen LogP contribution in [0.2, 0.25) is 0 Å². The van der Waals surface area contributed by atoms with Crippen molar-refractivity contribution in [1.29, 1.82) is 5.26 Å². The zero-order valence-electron chi connectivity index (χ0n) is 13.3. The lowest BCUT2D eigenvalue weighted by Gasteiger charge is -2.18. The molecule has 2 rings (SSSR count). The van der Waals surface area contributed by atoms with E-state index in [9.17, 15) is 9.18 Å². The molecule has 0 spiro atoms. The Bertz CT molecular complexity index is 729. The largest absolute Gasteiger partial charge is 0.494 e. The Morgan fingerprint density at radius 3 is 2.75 bits per heavy atom. The third kappa shape index (κ3) is 4.99. The molecule has 6 heteroatoms. The summed E-state index contributed by atoms with van der Waals surface area (Å²) in [7, 11) is 1.65. The first-order valence-electron chi connectivity index (χ1n) is 7.50. The number of para-hydroxylation sites is 1. The van der Waals surface area contributed by atoms with Crippen molar-refractivity contribution in [3.8, 4) is 11.8 Å². The van der Waals surface area contributed by atoms with Crippen molar-refractivity contribution in [3.05, 3.63) is 59.9 Å². The summed E-state index contributed by atoms with van der Waals surface area (Å²) < 4.78 is 18.6. The minimum absolute atomic E-state index is 0.0872. The van der Waals surface area contributed by atoms with Crippen LogP contribution in [0.4, 0.5) is 14.9 Å². The van der Waals surface area contributed by atoms with Crippen LogP contribution in [0.1, 0.15) is 12.0 Å². The molecule has 2 amide bonds. The Hall–Kier alpha value is -3.07. The second-order valence-electron chi connectivity index (χ2n) is 5.17. The number of urea groups is 1. The number of carbonyl (C=O) groups is 1. The number of carbonyl (C=O) groups excluding carboxylic acids is 1. The monoisotopic (exact) mass is 327 g/mol. The standard InChI is InChI=1S/C18H18FN3O2/c1-22(10-5-11-24-16-6-3-2-4-7-16)18(23)21-17-9-8-15(19)12-14(17)13-20/h2-4,6-9,12H,5,10-11H2,1H3,(H,21,23). The maximum atomic E-state index is 13.1. The molecule has 2 aromatic rings. The fourth-order valence-corrected chi connectivity index (χ4v) is 2.04. The lowest BCUT2D eigenvalue weighted by molar-refractivity contribution is 0.216. The SMILES string of the molecule is CN(CCCOc1ccccc1)C(=O)Nc1ccc(F)cc1C#N. The zero-order valence-corrected chi connectivity index (χ0v) is 13.3. The Kier molecular flexibility index (Phi) is 6.15. The van der Waals surface area contributed by atoms with E-state index >= 15 is 0 Å². The van der Waals surface area contributed by atoms with E-state index in [1.165, 1.54) is 17.0 Å². The van der Waals surface area contributed by atoms with E-state index in [0.29, 0.717) is 19.6 Å². The van der Waals surface area contributed by atoms with E-state index in [-0.39, 0.29) is 17.3 Å². The number of nitrogens with zero attached hydrogens (tertiary/aromatic N) is 2. The van der Waals surface area contributed by atoms with E-state index in [0.717, 1.165) is 11.8 Å². The minimum Gasteiger partial charge on any atom is -0.494 e. The molecule has 0 fully saturated rings. The fraction of sp³-hybridized carbons (Fsp3) is 0.222. The number of anilines is 1. The number of nitrogens with one attached hydrogen (secondary N) is 1. The highest BCUT2D eigenvalue weighted by atomic mass is 19.1. The molecule has 0 saturated heterocycles. The Labute approximate surface area is 140 Å². The van der Waals surface area contributed by atoms with E-state index in [1.54, 1.807) is 7.05 Å². The number of nitriles is 1. The van der Waals surface area contributed by atoms with Gasteiger partial charge in [-0.15, -0.1) is 0 Å². The van der Waals surface area contributed by atoms with E-state index in [4.69, 9.17) is 10.00 Å². The summed E-state index contributed by atoms with van der Waals surface area (Å²) in [6, 6.07) is 14.6. The van der Waals surface area contributed by atoms with Gasteiger partial charge in [0.15, 0.2) is 0 Å². The molecule has 0 aliphatic heterocycles. The van der Waals surface area contributed by atoms with Crippen LogP contribution in [0.5, 0.6) is 5.75 Å². The van der Waals surface area contributed by atoms with Crippen molar-refractivity contribution in [1.82, 2.24) is 4.90 Å². The number of halogens is 1. The van der Waals surface area contributed by atoms with Crippen LogP contribution in [0.15, 0.2) is 48.5 Å². The second-order valence-corrected chi connectivity index (χ2v) is 5.17. The third-order valence-electron chi connectivity index (χ3n) is 3.34. The van der Waals surface area contributed by atoms with Gasteiger partial charge < -0.3 is 15.0 Å². The van der Waals surface area contributed by atoms with Crippen molar-refractivity contribution in [2.24, 2.45) is 0 Å². The Morgan fingerprint density at radius 2 is 2.04 bits per heavy atom. The average Bonchev–Trinajstić information content (AvgIpc) is 2.60. The molecule has 2 aromatic carbocycles. The smallest absolute Gasteiger partial charge is 0.321 e. The third-order valence-corrected chi connectivity index (χ3v) is 3.34. The summed E-state index contributed by atoms with van der Waals surface area (Å²) in [5.74, 6) is 0.269. The molecule has 0 atom stereocenters. The molecule has 0 radical (unpaired) electrons. The van der Waals surface area contributed by atoms with Crippen LogP contribution in [0, 0.1) is 17.1 Å². The summed E-state index contributed by atoms with van der Waals surface area (Å²) in [6.07, 6.45) is 0.660. The summed E-state index contributed by atoms with van der Waals surface area (Å²) in [5.41, 5.74) is 0.375. The first kappa shape index (κ1) is 17.3. The predicted molar refractivity (Wildman–Crippen MR) is 89.3 cm³/mol. The summed E-state index contributed by atoms with van der Waals surface area (Å²) in [5, 5.41) is 11.6. The van der Waals surface area contributed by atoms with Crippen LogP contribution in [-0.4, -0.2) is 31.1 Å². The van der Waals surface area contributed by atoms with Gasteiger partial charge in [-0.25, -0.2) is 9.18 Å². The Balaban J connectivity index is 1.79. The maximum Gasteiger partial charge on any atom is 0.321 e. The van der Waals surface area contributed by atoms with Crippen molar-refractivity contribution < 1.29 is 13.9 Å². The van der Waals surface area contributed by atoms with Gasteiger partial charge in [-0.05, 0) is 36.8 Å². The number of rotatable bonds is 6. The quantitative estimate of drug-likeness (QED) is 0.824. The van der Waals surface area contributed by atoms with Gasteiger partial charge in [0.05, 0.1) is 17.9 Å². The molecule has 0 aliphatic rings. The number of hydrogen-bond acceptors (Lipinski definition) is 3. The molecule has 0 bridgehead atoms. The molecule has 24 heavy (non-hydrogen) atoms. The van der Waals surface area contributed by atoms with Gasteiger partial charge in [0.2, 0.25) is 0 Å². The van der Waals surface area contributed by atoms with Crippen molar-refractivity contribution in [2.45, 2.75) is 6.42 Å². The normalized spacial score (nSPS) is 9.88. The Morgan fingerprint density at radius 1 is 1.29 bits per heavy atom.